The third kappa shape index (κ3) is 16.6. The van der Waals surface area contributed by atoms with Gasteiger partial charge in [0.05, 0.1) is 6.20 Å². The van der Waals surface area contributed by atoms with E-state index >= 15 is 0 Å². The quantitative estimate of drug-likeness (QED) is 0.128. The van der Waals surface area contributed by atoms with Crippen LogP contribution in [0.3, 0.4) is 0 Å². The molecule has 1 aromatic heterocycles. The second kappa shape index (κ2) is 25.5. The molecule has 8 heteroatoms. The van der Waals surface area contributed by atoms with E-state index in [0.717, 1.165) is 67.4 Å². The summed E-state index contributed by atoms with van der Waals surface area (Å²) in [5.41, 5.74) is 7.45. The number of likely N-dealkylation sites (tertiary alicyclic amines) is 1. The highest BCUT2D eigenvalue weighted by atomic mass is 16.4. The van der Waals surface area contributed by atoms with Crippen molar-refractivity contribution >= 4 is 24.6 Å². The minimum absolute atomic E-state index is 0.250. The van der Waals surface area contributed by atoms with Crippen molar-refractivity contribution in [1.82, 2.24) is 14.8 Å². The second-order valence-corrected chi connectivity index (χ2v) is 11.3. The van der Waals surface area contributed by atoms with Crippen molar-refractivity contribution in [2.24, 2.45) is 11.1 Å². The van der Waals surface area contributed by atoms with Crippen LogP contribution in [0.1, 0.15) is 121 Å². The first-order valence-electron chi connectivity index (χ1n) is 17.0. The smallest absolute Gasteiger partial charge is 0.204 e. The molecule has 46 heavy (non-hydrogen) atoms. The van der Waals surface area contributed by atoms with Gasteiger partial charge in [0.15, 0.2) is 17.9 Å². The van der Waals surface area contributed by atoms with E-state index in [2.05, 4.69) is 42.3 Å². The topological polar surface area (TPSA) is 110 Å². The summed E-state index contributed by atoms with van der Waals surface area (Å²) in [4.78, 5) is 40.2. The maximum absolute atomic E-state index is 11.3. The molecule has 1 saturated carbocycles. The molecular weight excluding hydrogens is 576 g/mol. The molecule has 1 amide bonds. The number of benzene rings is 1. The molecule has 2 aliphatic rings. The van der Waals surface area contributed by atoms with Crippen LogP contribution in [0.25, 0.3) is 17.4 Å². The Hall–Kier alpha value is -3.70. The fourth-order valence-corrected chi connectivity index (χ4v) is 5.00. The first-order valence-corrected chi connectivity index (χ1v) is 17.0. The Bertz CT molecular complexity index is 1160. The van der Waals surface area contributed by atoms with Gasteiger partial charge in [0.1, 0.15) is 5.78 Å². The monoisotopic (exact) mass is 636 g/mol. The lowest BCUT2D eigenvalue weighted by Gasteiger charge is -2.30. The van der Waals surface area contributed by atoms with E-state index in [4.69, 9.17) is 9.21 Å². The molecule has 256 valence electrons. The van der Waals surface area contributed by atoms with Crippen LogP contribution in [0.5, 0.6) is 0 Å². The number of amides is 1. The van der Waals surface area contributed by atoms with E-state index in [0.29, 0.717) is 29.9 Å². The number of ketones is 1. The van der Waals surface area contributed by atoms with Crippen LogP contribution >= 0.6 is 0 Å². The number of carbonyl (C=O) groups is 3. The number of rotatable bonds is 14. The van der Waals surface area contributed by atoms with Crippen molar-refractivity contribution in [2.75, 3.05) is 33.2 Å². The summed E-state index contributed by atoms with van der Waals surface area (Å²) < 4.78 is 5.92. The number of piperidine rings is 1. The average molecular weight is 637 g/mol. The van der Waals surface area contributed by atoms with Gasteiger partial charge >= 0.3 is 0 Å². The number of hydrogen-bond donors (Lipinski definition) is 1. The van der Waals surface area contributed by atoms with Gasteiger partial charge in [-0.25, -0.2) is 4.98 Å². The first-order chi connectivity index (χ1) is 22.3. The molecule has 1 aliphatic heterocycles. The summed E-state index contributed by atoms with van der Waals surface area (Å²) >= 11 is 0. The lowest BCUT2D eigenvalue weighted by Crippen LogP contribution is -2.34. The number of aryl methyl sites for hydroxylation is 1. The Morgan fingerprint density at radius 2 is 1.65 bits per heavy atom. The molecule has 1 aromatic carbocycles. The number of nitrogens with two attached hydrogens (primary N) is 1. The molecule has 2 N–H and O–H groups in total. The molecule has 4 rings (SSSR count). The zero-order valence-corrected chi connectivity index (χ0v) is 29.4. The van der Waals surface area contributed by atoms with E-state index in [1.165, 1.54) is 45.3 Å². The molecule has 0 unspecified atom stereocenters. The van der Waals surface area contributed by atoms with E-state index < -0.39 is 0 Å². The number of aromatic nitrogens is 1. The summed E-state index contributed by atoms with van der Waals surface area (Å²) in [6.07, 6.45) is 27.0. The molecule has 8 nitrogen and oxygen atoms in total. The average Bonchev–Trinajstić information content (AvgIpc) is 3.69. The zero-order chi connectivity index (χ0) is 34.8. The van der Waals surface area contributed by atoms with Gasteiger partial charge in [0, 0.05) is 44.0 Å². The van der Waals surface area contributed by atoms with Crippen molar-refractivity contribution < 1.29 is 18.8 Å². The number of nitrogens with zero attached hydrogens (tertiary/aromatic N) is 3. The predicted molar refractivity (Wildman–Crippen MR) is 191 cm³/mol. The van der Waals surface area contributed by atoms with Crippen LogP contribution in [0.15, 0.2) is 35.0 Å². The number of Topliss-reactive ketones (excluding diaryl/α,β-unsaturated/α-hetero) is 1. The van der Waals surface area contributed by atoms with Crippen LogP contribution in [0.4, 0.5) is 0 Å². The number of aldehydes is 1. The third-order valence-electron chi connectivity index (χ3n) is 8.37. The van der Waals surface area contributed by atoms with Gasteiger partial charge < -0.3 is 20.0 Å². The molecular formula is C38H60N4O4. The number of primary amides is 1. The minimum atomic E-state index is 0.250. The van der Waals surface area contributed by atoms with Crippen molar-refractivity contribution in [1.29, 1.82) is 0 Å². The Morgan fingerprint density at radius 3 is 2.20 bits per heavy atom. The Balaban J connectivity index is 0.000000973. The summed E-state index contributed by atoms with van der Waals surface area (Å²) in [6, 6.07) is 5.66. The Labute approximate surface area is 279 Å². The number of oxazole rings is 1. The van der Waals surface area contributed by atoms with Crippen LogP contribution in [0.2, 0.25) is 0 Å². The number of carbonyl (C=O) groups excluding carboxylic acids is 3. The standard InChI is InChI=1S/C24H32N2O3.C9H17N.C2H6.C2H2.CH3NO/c1-4-22(28)10-8-6-7-9-11-24-25-17-23(29-24)20-12-13-21(18-27)19(16-20)14-15-26(3)5-2;1-2-10-7-5-9(3-4-9)6-8-10;2*1-2;2-1-3/h12-18H,4-11H2,1-3H3;2-8H2,1H3;1-2H3;1-2H;1H,(H2,2,3)/b15-14-;;;;. The molecule has 1 aliphatic carbocycles. The summed E-state index contributed by atoms with van der Waals surface area (Å²) in [5, 5.41) is 0. The van der Waals surface area contributed by atoms with Gasteiger partial charge in [0.25, 0.3) is 0 Å². The SMILES string of the molecule is C#C.CC.CCC(=O)CCCCCCc1ncc(-c2ccc(C=O)c(/C=C\N(C)CC)c2)o1.CCN1CCC2(CC1)CC2.NC=O. The van der Waals surface area contributed by atoms with Crippen LogP contribution in [-0.4, -0.2) is 66.5 Å². The number of unbranched alkanes of at least 4 members (excludes halogenated alkanes) is 3. The molecule has 2 heterocycles. The summed E-state index contributed by atoms with van der Waals surface area (Å²) in [7, 11) is 1.99. The van der Waals surface area contributed by atoms with Crippen molar-refractivity contribution in [3.05, 3.63) is 47.6 Å². The van der Waals surface area contributed by atoms with Gasteiger partial charge in [-0.15, -0.1) is 12.8 Å². The molecule has 2 fully saturated rings. The molecule has 0 atom stereocenters. The number of hydrogen-bond acceptors (Lipinski definition) is 7. The molecule has 2 aromatic rings. The van der Waals surface area contributed by atoms with E-state index in [9.17, 15) is 9.59 Å². The molecule has 0 bridgehead atoms. The largest absolute Gasteiger partial charge is 0.441 e. The van der Waals surface area contributed by atoms with Gasteiger partial charge in [0.2, 0.25) is 6.41 Å². The van der Waals surface area contributed by atoms with E-state index in [1.807, 2.05) is 63.2 Å². The van der Waals surface area contributed by atoms with Crippen molar-refractivity contribution in [3.63, 3.8) is 0 Å². The van der Waals surface area contributed by atoms with Gasteiger partial charge in [-0.05, 0) is 94.4 Å². The van der Waals surface area contributed by atoms with Gasteiger partial charge in [-0.1, -0.05) is 52.7 Å². The highest BCUT2D eigenvalue weighted by Crippen LogP contribution is 2.53. The molecule has 1 saturated heterocycles. The van der Waals surface area contributed by atoms with Crippen LogP contribution < -0.4 is 5.73 Å². The van der Waals surface area contributed by atoms with Crippen molar-refractivity contribution in [2.45, 2.75) is 105 Å². The van der Waals surface area contributed by atoms with E-state index in [-0.39, 0.29) is 6.41 Å². The van der Waals surface area contributed by atoms with Crippen LogP contribution in [0, 0.1) is 18.3 Å². The third-order valence-corrected chi connectivity index (χ3v) is 8.37. The summed E-state index contributed by atoms with van der Waals surface area (Å²) in [5.74, 6) is 1.79. The van der Waals surface area contributed by atoms with E-state index in [1.54, 1.807) is 6.20 Å². The lowest BCUT2D eigenvalue weighted by atomic mass is 9.94. The maximum atomic E-state index is 11.3. The highest BCUT2D eigenvalue weighted by molar-refractivity contribution is 5.83. The Kier molecular flexibility index (Phi) is 23.4. The van der Waals surface area contributed by atoms with Crippen LogP contribution in [-0.2, 0) is 16.0 Å². The fraction of sp³-hybridized carbons (Fsp3) is 0.579. The highest BCUT2D eigenvalue weighted by Gasteiger charge is 2.43. The predicted octanol–water partition coefficient (Wildman–Crippen LogP) is 7.81. The van der Waals surface area contributed by atoms with Gasteiger partial charge in [-0.2, -0.15) is 0 Å². The lowest BCUT2D eigenvalue weighted by molar-refractivity contribution is -0.118. The summed E-state index contributed by atoms with van der Waals surface area (Å²) in [6.45, 7) is 15.2. The molecule has 0 radical (unpaired) electrons. The van der Waals surface area contributed by atoms with Crippen molar-refractivity contribution in [3.8, 4) is 24.2 Å². The second-order valence-electron chi connectivity index (χ2n) is 11.3. The Morgan fingerprint density at radius 1 is 1.02 bits per heavy atom. The zero-order valence-electron chi connectivity index (χ0n) is 29.4. The molecule has 1 spiro atoms. The minimum Gasteiger partial charge on any atom is -0.441 e. The fourth-order valence-electron chi connectivity index (χ4n) is 5.00. The maximum Gasteiger partial charge on any atom is 0.204 e. The van der Waals surface area contributed by atoms with Gasteiger partial charge in [-0.3, -0.25) is 14.4 Å². The normalized spacial score (nSPS) is 14.2. The first kappa shape index (κ1) is 42.3. The number of terminal acetylenes is 1.